The van der Waals surface area contributed by atoms with Gasteiger partial charge in [-0.25, -0.2) is 14.6 Å². The van der Waals surface area contributed by atoms with Crippen LogP contribution < -0.4 is 5.73 Å². The summed E-state index contributed by atoms with van der Waals surface area (Å²) in [6, 6.07) is 5.18. The van der Waals surface area contributed by atoms with Crippen LogP contribution in [0, 0.1) is 6.92 Å². The van der Waals surface area contributed by atoms with E-state index in [4.69, 9.17) is 10.7 Å². The number of nitrogens with two attached hydrogens (primary N) is 1. The Labute approximate surface area is 193 Å². The third kappa shape index (κ3) is 3.78. The molecule has 3 aliphatic rings. The summed E-state index contributed by atoms with van der Waals surface area (Å²) in [5.41, 5.74) is 12.6. The van der Waals surface area contributed by atoms with E-state index in [1.54, 1.807) is 23.3 Å². The van der Waals surface area contributed by atoms with Crippen LogP contribution >= 0.6 is 0 Å². The van der Waals surface area contributed by atoms with Gasteiger partial charge in [-0.2, -0.15) is 5.10 Å². The van der Waals surface area contributed by atoms with Crippen LogP contribution in [0.5, 0.6) is 0 Å². The van der Waals surface area contributed by atoms with Crippen molar-refractivity contribution in [2.24, 2.45) is 0 Å². The molecular formula is C25H29N7O. The highest BCUT2D eigenvalue weighted by Crippen LogP contribution is 2.38. The minimum absolute atomic E-state index is 0.0587. The third-order valence-corrected chi connectivity index (χ3v) is 6.99. The molecule has 0 saturated heterocycles. The van der Waals surface area contributed by atoms with Crippen LogP contribution in [-0.2, 0) is 13.0 Å². The maximum absolute atomic E-state index is 13.1. The van der Waals surface area contributed by atoms with Crippen LogP contribution in [0.3, 0.4) is 0 Å². The second-order valence-electron chi connectivity index (χ2n) is 9.73. The van der Waals surface area contributed by atoms with Gasteiger partial charge in [0.15, 0.2) is 11.6 Å². The second kappa shape index (κ2) is 7.66. The summed E-state index contributed by atoms with van der Waals surface area (Å²) < 4.78 is 1.58. The summed E-state index contributed by atoms with van der Waals surface area (Å²) >= 11 is 0. The Bertz CT molecular complexity index is 1230. The molecule has 33 heavy (non-hydrogen) atoms. The normalized spacial score (nSPS) is 18.2. The molecule has 8 heteroatoms. The summed E-state index contributed by atoms with van der Waals surface area (Å²) in [6.07, 6.45) is 10.5. The van der Waals surface area contributed by atoms with Crippen LogP contribution in [-0.4, -0.2) is 61.1 Å². The van der Waals surface area contributed by atoms with Gasteiger partial charge in [-0.15, -0.1) is 0 Å². The van der Waals surface area contributed by atoms with Crippen molar-refractivity contribution in [2.75, 3.05) is 19.3 Å². The number of carbonyl (C=O) groups is 1. The fourth-order valence-corrected chi connectivity index (χ4v) is 4.94. The summed E-state index contributed by atoms with van der Waals surface area (Å²) in [5.74, 6) is 0.795. The molecule has 0 spiro atoms. The zero-order chi connectivity index (χ0) is 22.7. The van der Waals surface area contributed by atoms with E-state index in [0.29, 0.717) is 23.5 Å². The monoisotopic (exact) mass is 443 g/mol. The third-order valence-electron chi connectivity index (χ3n) is 6.99. The molecule has 2 N–H and O–H groups in total. The van der Waals surface area contributed by atoms with Crippen molar-refractivity contribution in [3.63, 3.8) is 0 Å². The number of nitrogens with zero attached hydrogens (tertiary/aromatic N) is 6. The van der Waals surface area contributed by atoms with Crippen molar-refractivity contribution in [1.82, 2.24) is 29.5 Å². The highest BCUT2D eigenvalue weighted by Gasteiger charge is 2.42. The molecule has 2 aromatic heterocycles. The molecule has 170 valence electrons. The van der Waals surface area contributed by atoms with E-state index in [1.165, 1.54) is 16.7 Å². The molecule has 3 aromatic rings. The van der Waals surface area contributed by atoms with Crippen LogP contribution in [0.2, 0.25) is 0 Å². The SMILES string of the molecule is Cc1cc(-c2cnc(N)c(-n3cc(C(=O)N(C4CC4)C4CC4)cn3)n2)cc2c1CCN(C)C2. The lowest BCUT2D eigenvalue weighted by atomic mass is 9.92. The Hall–Kier alpha value is -3.26. The number of hydrogen-bond donors (Lipinski definition) is 1. The average molecular weight is 444 g/mol. The van der Waals surface area contributed by atoms with Gasteiger partial charge in [0.05, 0.1) is 23.7 Å². The number of aryl methyl sites for hydroxylation is 1. The number of fused-ring (bicyclic) bond motifs is 1. The first-order valence-electron chi connectivity index (χ1n) is 11.8. The van der Waals surface area contributed by atoms with Gasteiger partial charge in [0.25, 0.3) is 5.91 Å². The number of amides is 1. The molecule has 2 aliphatic carbocycles. The summed E-state index contributed by atoms with van der Waals surface area (Å²) in [6.45, 7) is 4.18. The average Bonchev–Trinajstić information content (AvgIpc) is 3.74. The molecule has 0 bridgehead atoms. The molecule has 6 rings (SSSR count). The standard InChI is InChI=1S/C25H29N7O/c1-15-9-16(10-17-13-30(2)8-7-21(15)17)22-12-27-23(26)24(29-22)31-14-18(11-28-31)25(33)32(19-3-4-19)20-5-6-20/h9-12,14,19-20H,3-8,13H2,1-2H3,(H2,26,27). The van der Waals surface area contributed by atoms with Crippen LogP contribution in [0.4, 0.5) is 5.82 Å². The number of nitrogen functional groups attached to an aromatic ring is 1. The Morgan fingerprint density at radius 3 is 2.64 bits per heavy atom. The fraction of sp³-hybridized carbons (Fsp3) is 0.440. The van der Waals surface area contributed by atoms with Gasteiger partial charge in [0, 0.05) is 36.9 Å². The molecule has 2 saturated carbocycles. The van der Waals surface area contributed by atoms with Gasteiger partial charge >= 0.3 is 0 Å². The van der Waals surface area contributed by atoms with Gasteiger partial charge in [-0.05, 0) is 74.9 Å². The van der Waals surface area contributed by atoms with E-state index in [2.05, 4.69) is 46.0 Å². The molecule has 2 fully saturated rings. The number of rotatable bonds is 5. The first-order valence-corrected chi connectivity index (χ1v) is 11.8. The van der Waals surface area contributed by atoms with Gasteiger partial charge in [-0.3, -0.25) is 4.79 Å². The largest absolute Gasteiger partial charge is 0.381 e. The second-order valence-corrected chi connectivity index (χ2v) is 9.73. The van der Waals surface area contributed by atoms with Gasteiger partial charge in [-0.1, -0.05) is 0 Å². The minimum atomic E-state index is 0.0587. The van der Waals surface area contributed by atoms with Crippen molar-refractivity contribution >= 4 is 11.7 Å². The molecule has 0 radical (unpaired) electrons. The fourth-order valence-electron chi connectivity index (χ4n) is 4.94. The van der Waals surface area contributed by atoms with E-state index in [-0.39, 0.29) is 11.7 Å². The molecule has 1 aromatic carbocycles. The van der Waals surface area contributed by atoms with E-state index in [0.717, 1.165) is 56.5 Å². The lowest BCUT2D eigenvalue weighted by molar-refractivity contribution is 0.0730. The number of likely N-dealkylation sites (N-methyl/N-ethyl adjacent to an activating group) is 1. The zero-order valence-corrected chi connectivity index (χ0v) is 19.2. The number of carbonyl (C=O) groups excluding carboxylic acids is 1. The van der Waals surface area contributed by atoms with Gasteiger partial charge in [0.2, 0.25) is 0 Å². The number of benzene rings is 1. The van der Waals surface area contributed by atoms with Crippen molar-refractivity contribution in [3.8, 4) is 17.1 Å². The molecule has 1 aliphatic heterocycles. The maximum atomic E-state index is 13.1. The van der Waals surface area contributed by atoms with Gasteiger partial charge in [0.1, 0.15) is 0 Å². The lowest BCUT2D eigenvalue weighted by Gasteiger charge is -2.27. The summed E-state index contributed by atoms with van der Waals surface area (Å²) in [5, 5.41) is 4.42. The van der Waals surface area contributed by atoms with E-state index in [1.807, 2.05) is 0 Å². The van der Waals surface area contributed by atoms with Crippen LogP contribution in [0.15, 0.2) is 30.7 Å². The Morgan fingerprint density at radius 1 is 1.15 bits per heavy atom. The highest BCUT2D eigenvalue weighted by atomic mass is 16.2. The Kier molecular flexibility index (Phi) is 4.72. The number of hydrogen-bond acceptors (Lipinski definition) is 6. The topological polar surface area (TPSA) is 93.2 Å². The quantitative estimate of drug-likeness (QED) is 0.652. The Balaban J connectivity index is 1.32. The lowest BCUT2D eigenvalue weighted by Crippen LogP contribution is -2.34. The van der Waals surface area contributed by atoms with Crippen molar-refractivity contribution in [2.45, 2.75) is 57.7 Å². The van der Waals surface area contributed by atoms with Crippen LogP contribution in [0.25, 0.3) is 17.1 Å². The molecule has 0 unspecified atom stereocenters. The maximum Gasteiger partial charge on any atom is 0.257 e. The smallest absolute Gasteiger partial charge is 0.257 e. The highest BCUT2D eigenvalue weighted by molar-refractivity contribution is 5.94. The predicted molar refractivity (Wildman–Crippen MR) is 126 cm³/mol. The summed E-state index contributed by atoms with van der Waals surface area (Å²) in [4.78, 5) is 26.7. The zero-order valence-electron chi connectivity index (χ0n) is 19.2. The van der Waals surface area contributed by atoms with Crippen molar-refractivity contribution < 1.29 is 4.79 Å². The minimum Gasteiger partial charge on any atom is -0.381 e. The van der Waals surface area contributed by atoms with Crippen LogP contribution in [0.1, 0.15) is 52.7 Å². The van der Waals surface area contributed by atoms with Crippen molar-refractivity contribution in [3.05, 3.63) is 53.0 Å². The number of aromatic nitrogens is 4. The first-order chi connectivity index (χ1) is 16.0. The number of anilines is 1. The first kappa shape index (κ1) is 20.4. The predicted octanol–water partition coefficient (Wildman–Crippen LogP) is 2.97. The molecule has 0 atom stereocenters. The van der Waals surface area contributed by atoms with Crippen molar-refractivity contribution in [1.29, 1.82) is 0 Å². The van der Waals surface area contributed by atoms with E-state index < -0.39 is 0 Å². The molecule has 1 amide bonds. The molecular weight excluding hydrogens is 414 g/mol. The van der Waals surface area contributed by atoms with E-state index in [9.17, 15) is 4.79 Å². The Morgan fingerprint density at radius 2 is 1.91 bits per heavy atom. The van der Waals surface area contributed by atoms with Gasteiger partial charge < -0.3 is 15.5 Å². The molecule has 3 heterocycles. The van der Waals surface area contributed by atoms with E-state index >= 15 is 0 Å². The summed E-state index contributed by atoms with van der Waals surface area (Å²) in [7, 11) is 2.15. The molecule has 8 nitrogen and oxygen atoms in total.